The Labute approximate surface area is 81.3 Å². The van der Waals surface area contributed by atoms with Crippen LogP contribution in [0.25, 0.3) is 0 Å². The van der Waals surface area contributed by atoms with Gasteiger partial charge in [-0.2, -0.15) is 0 Å². The van der Waals surface area contributed by atoms with Gasteiger partial charge in [-0.25, -0.2) is 0 Å². The lowest BCUT2D eigenvalue weighted by Crippen LogP contribution is -1.94. The van der Waals surface area contributed by atoms with Gasteiger partial charge in [-0.3, -0.25) is 4.79 Å². The SMILES string of the molecule is O=CCCSC(=O)c1ccccc1. The Balaban J connectivity index is 2.45. The van der Waals surface area contributed by atoms with Gasteiger partial charge in [0.15, 0.2) is 0 Å². The molecule has 0 aromatic heterocycles. The zero-order valence-corrected chi connectivity index (χ0v) is 7.92. The third-order valence-electron chi connectivity index (χ3n) is 1.48. The average molecular weight is 194 g/mol. The molecule has 13 heavy (non-hydrogen) atoms. The summed E-state index contributed by atoms with van der Waals surface area (Å²) in [4.78, 5) is 21.4. The van der Waals surface area contributed by atoms with Crippen molar-refractivity contribution in [3.63, 3.8) is 0 Å². The van der Waals surface area contributed by atoms with Gasteiger partial charge in [0.25, 0.3) is 0 Å². The van der Waals surface area contributed by atoms with Crippen LogP contribution in [-0.4, -0.2) is 17.2 Å². The summed E-state index contributed by atoms with van der Waals surface area (Å²) >= 11 is 1.18. The molecule has 0 bridgehead atoms. The quantitative estimate of drug-likeness (QED) is 0.544. The Morgan fingerprint density at radius 2 is 2.00 bits per heavy atom. The van der Waals surface area contributed by atoms with Crippen LogP contribution >= 0.6 is 11.8 Å². The van der Waals surface area contributed by atoms with Gasteiger partial charge in [0.2, 0.25) is 5.12 Å². The molecule has 0 atom stereocenters. The molecular formula is C10H10O2S. The molecule has 0 heterocycles. The number of benzene rings is 1. The molecule has 1 aromatic rings. The average Bonchev–Trinajstić information content (AvgIpc) is 2.19. The number of rotatable bonds is 4. The highest BCUT2D eigenvalue weighted by Gasteiger charge is 2.03. The van der Waals surface area contributed by atoms with Crippen LogP contribution in [0, 0.1) is 0 Å². The summed E-state index contributed by atoms with van der Waals surface area (Å²) in [5.41, 5.74) is 0.693. The van der Waals surface area contributed by atoms with Crippen molar-refractivity contribution in [1.82, 2.24) is 0 Å². The van der Waals surface area contributed by atoms with Gasteiger partial charge in [0, 0.05) is 17.7 Å². The summed E-state index contributed by atoms with van der Waals surface area (Å²) in [6.07, 6.45) is 1.26. The van der Waals surface area contributed by atoms with Crippen LogP contribution in [-0.2, 0) is 4.79 Å². The van der Waals surface area contributed by atoms with Gasteiger partial charge in [-0.15, -0.1) is 0 Å². The molecule has 0 aliphatic heterocycles. The topological polar surface area (TPSA) is 34.1 Å². The van der Waals surface area contributed by atoms with Crippen LogP contribution < -0.4 is 0 Å². The molecule has 0 aliphatic rings. The molecule has 2 nitrogen and oxygen atoms in total. The van der Waals surface area contributed by atoms with E-state index in [9.17, 15) is 9.59 Å². The van der Waals surface area contributed by atoms with Crippen LogP contribution in [0.2, 0.25) is 0 Å². The van der Waals surface area contributed by atoms with Gasteiger partial charge < -0.3 is 4.79 Å². The van der Waals surface area contributed by atoms with Crippen molar-refractivity contribution < 1.29 is 9.59 Å². The third-order valence-corrected chi connectivity index (χ3v) is 2.42. The van der Waals surface area contributed by atoms with Gasteiger partial charge in [0.05, 0.1) is 0 Å². The van der Waals surface area contributed by atoms with Gasteiger partial charge >= 0.3 is 0 Å². The zero-order chi connectivity index (χ0) is 9.52. The van der Waals surface area contributed by atoms with E-state index in [1.54, 1.807) is 12.1 Å². The first kappa shape index (κ1) is 9.99. The Bertz CT molecular complexity index is 282. The third kappa shape index (κ3) is 3.42. The fraction of sp³-hybridized carbons (Fsp3) is 0.200. The summed E-state index contributed by atoms with van der Waals surface area (Å²) in [6, 6.07) is 9.07. The van der Waals surface area contributed by atoms with E-state index >= 15 is 0 Å². The molecule has 0 amide bonds. The maximum Gasteiger partial charge on any atom is 0.219 e. The van der Waals surface area contributed by atoms with E-state index in [0.717, 1.165) is 6.29 Å². The Hall–Kier alpha value is -1.09. The van der Waals surface area contributed by atoms with Crippen molar-refractivity contribution in [3.8, 4) is 0 Å². The van der Waals surface area contributed by atoms with Crippen molar-refractivity contribution in [2.75, 3.05) is 5.75 Å². The maximum absolute atomic E-state index is 11.4. The van der Waals surface area contributed by atoms with E-state index in [4.69, 9.17) is 0 Å². The predicted molar refractivity (Wildman–Crippen MR) is 53.9 cm³/mol. The number of carbonyl (C=O) groups is 2. The van der Waals surface area contributed by atoms with Crippen LogP contribution in [0.15, 0.2) is 30.3 Å². The van der Waals surface area contributed by atoms with Crippen molar-refractivity contribution in [3.05, 3.63) is 35.9 Å². The van der Waals surface area contributed by atoms with E-state index in [1.165, 1.54) is 11.8 Å². The predicted octanol–water partition coefficient (Wildman–Crippen LogP) is 2.15. The first-order valence-electron chi connectivity index (χ1n) is 4.00. The second-order valence-electron chi connectivity index (χ2n) is 2.46. The van der Waals surface area contributed by atoms with Crippen molar-refractivity contribution in [2.45, 2.75) is 6.42 Å². The molecule has 0 aliphatic carbocycles. The lowest BCUT2D eigenvalue weighted by Gasteiger charge is -1.97. The molecule has 0 radical (unpaired) electrons. The second-order valence-corrected chi connectivity index (χ2v) is 3.53. The number of hydrogen-bond acceptors (Lipinski definition) is 3. The summed E-state index contributed by atoms with van der Waals surface area (Å²) < 4.78 is 0. The largest absolute Gasteiger partial charge is 0.303 e. The minimum Gasteiger partial charge on any atom is -0.303 e. The number of hydrogen-bond donors (Lipinski definition) is 0. The zero-order valence-electron chi connectivity index (χ0n) is 7.10. The fourth-order valence-corrected chi connectivity index (χ4v) is 1.56. The second kappa shape index (κ2) is 5.54. The van der Waals surface area contributed by atoms with Gasteiger partial charge in [-0.1, -0.05) is 42.1 Å². The van der Waals surface area contributed by atoms with Crippen LogP contribution in [0.4, 0.5) is 0 Å². The standard InChI is InChI=1S/C10H10O2S/c11-7-4-8-13-10(12)9-5-2-1-3-6-9/h1-3,5-7H,4,8H2. The molecule has 0 saturated heterocycles. The first-order chi connectivity index (χ1) is 6.34. The van der Waals surface area contributed by atoms with Crippen LogP contribution in [0.3, 0.4) is 0 Å². The fourth-order valence-electron chi connectivity index (χ4n) is 0.857. The maximum atomic E-state index is 11.4. The summed E-state index contributed by atoms with van der Waals surface area (Å²) in [5, 5.41) is 0.0300. The lowest BCUT2D eigenvalue weighted by molar-refractivity contribution is -0.107. The molecule has 0 unspecified atom stereocenters. The molecule has 0 spiro atoms. The molecule has 68 valence electrons. The molecule has 1 aromatic carbocycles. The van der Waals surface area contributed by atoms with Crippen LogP contribution in [0.5, 0.6) is 0 Å². The Morgan fingerprint density at radius 3 is 2.62 bits per heavy atom. The number of thioether (sulfide) groups is 1. The number of carbonyl (C=O) groups excluding carboxylic acids is 2. The highest BCUT2D eigenvalue weighted by Crippen LogP contribution is 2.12. The lowest BCUT2D eigenvalue weighted by atomic mass is 10.2. The minimum atomic E-state index is 0.0300. The van der Waals surface area contributed by atoms with Crippen molar-refractivity contribution >= 4 is 23.2 Å². The summed E-state index contributed by atoms with van der Waals surface area (Å²) in [6.45, 7) is 0. The molecule has 1 rings (SSSR count). The number of aldehydes is 1. The highest BCUT2D eigenvalue weighted by atomic mass is 32.2. The van der Waals surface area contributed by atoms with Crippen molar-refractivity contribution in [1.29, 1.82) is 0 Å². The monoisotopic (exact) mass is 194 g/mol. The van der Waals surface area contributed by atoms with Gasteiger partial charge in [-0.05, 0) is 0 Å². The van der Waals surface area contributed by atoms with E-state index in [0.29, 0.717) is 17.7 Å². The van der Waals surface area contributed by atoms with Crippen LogP contribution in [0.1, 0.15) is 16.8 Å². The smallest absolute Gasteiger partial charge is 0.219 e. The first-order valence-corrected chi connectivity index (χ1v) is 4.99. The Morgan fingerprint density at radius 1 is 1.31 bits per heavy atom. The molecule has 0 fully saturated rings. The van der Waals surface area contributed by atoms with Crippen molar-refractivity contribution in [2.24, 2.45) is 0 Å². The van der Waals surface area contributed by atoms with E-state index in [-0.39, 0.29) is 5.12 Å². The summed E-state index contributed by atoms with van der Waals surface area (Å²) in [7, 11) is 0. The van der Waals surface area contributed by atoms with E-state index in [2.05, 4.69) is 0 Å². The molecule has 0 N–H and O–H groups in total. The Kier molecular flexibility index (Phi) is 4.26. The highest BCUT2D eigenvalue weighted by molar-refractivity contribution is 8.14. The molecule has 0 saturated carbocycles. The molecular weight excluding hydrogens is 184 g/mol. The minimum absolute atomic E-state index is 0.0300. The van der Waals surface area contributed by atoms with Gasteiger partial charge in [0.1, 0.15) is 6.29 Å². The normalized spacial score (nSPS) is 9.54. The van der Waals surface area contributed by atoms with E-state index < -0.39 is 0 Å². The van der Waals surface area contributed by atoms with E-state index in [1.807, 2.05) is 18.2 Å². The molecule has 3 heteroatoms. The summed E-state index contributed by atoms with van der Waals surface area (Å²) in [5.74, 6) is 0.567.